The highest BCUT2D eigenvalue weighted by molar-refractivity contribution is 8.02. The van der Waals surface area contributed by atoms with Crippen LogP contribution in [0.15, 0.2) is 25.3 Å². The topological polar surface area (TPSA) is 87.1 Å². The van der Waals surface area contributed by atoms with Crippen molar-refractivity contribution in [3.8, 4) is 0 Å². The van der Waals surface area contributed by atoms with Crippen LogP contribution in [0.1, 0.15) is 65.7 Å². The van der Waals surface area contributed by atoms with Gasteiger partial charge >= 0.3 is 5.97 Å². The fraction of sp³-hybridized carbons (Fsp3) is 0.741. The number of unbranched alkanes of at least 4 members (excludes halogenated alkanes) is 1. The van der Waals surface area contributed by atoms with Crippen LogP contribution in [0.25, 0.3) is 0 Å². The van der Waals surface area contributed by atoms with Gasteiger partial charge in [0.05, 0.1) is 23.2 Å². The smallest absolute Gasteiger partial charge is 0.311 e. The van der Waals surface area contributed by atoms with Gasteiger partial charge in [-0.15, -0.1) is 24.9 Å². The maximum Gasteiger partial charge on any atom is 0.311 e. The molecule has 0 saturated carbocycles. The van der Waals surface area contributed by atoms with Crippen molar-refractivity contribution in [2.75, 3.05) is 26.3 Å². The van der Waals surface area contributed by atoms with Crippen molar-refractivity contribution >= 4 is 29.5 Å². The van der Waals surface area contributed by atoms with Crippen molar-refractivity contribution in [3.05, 3.63) is 25.3 Å². The lowest BCUT2D eigenvalue weighted by molar-refractivity contribution is -0.155. The van der Waals surface area contributed by atoms with Crippen molar-refractivity contribution in [1.82, 2.24) is 9.80 Å². The molecule has 3 saturated heterocycles. The van der Waals surface area contributed by atoms with Gasteiger partial charge in [0.2, 0.25) is 11.8 Å². The van der Waals surface area contributed by atoms with Crippen LogP contribution in [-0.4, -0.2) is 80.6 Å². The van der Waals surface area contributed by atoms with Crippen LogP contribution in [0, 0.1) is 11.8 Å². The summed E-state index contributed by atoms with van der Waals surface area (Å²) in [5.74, 6) is -1.72. The number of allylic oxidation sites excluding steroid dienone is 1. The first kappa shape index (κ1) is 27.8. The van der Waals surface area contributed by atoms with Gasteiger partial charge < -0.3 is 19.6 Å². The Hall–Kier alpha value is -1.80. The molecule has 3 unspecified atom stereocenters. The van der Waals surface area contributed by atoms with Crippen LogP contribution < -0.4 is 0 Å². The number of rotatable bonds is 14. The third kappa shape index (κ3) is 4.93. The SMILES string of the molecule is C=CCCCOC(=O)[C@@H]1[C@H]2C(=O)N(CCCO)C(C(=O)N(CC=C)C(C)CCC)C23CC[C@@]1(C)S3. The maximum absolute atomic E-state index is 14.2. The Morgan fingerprint density at radius 3 is 2.69 bits per heavy atom. The number of aliphatic hydroxyl groups excluding tert-OH is 1. The minimum Gasteiger partial charge on any atom is -0.465 e. The zero-order valence-corrected chi connectivity index (χ0v) is 22.4. The molecule has 3 fully saturated rings. The van der Waals surface area contributed by atoms with E-state index in [0.29, 0.717) is 39.0 Å². The lowest BCUT2D eigenvalue weighted by Gasteiger charge is -2.39. The second kappa shape index (κ2) is 11.5. The fourth-order valence-corrected chi connectivity index (χ4v) is 8.73. The Bertz CT molecular complexity index is 834. The molecule has 0 radical (unpaired) electrons. The number of ether oxygens (including phenoxy) is 1. The monoisotopic (exact) mass is 506 g/mol. The van der Waals surface area contributed by atoms with E-state index in [0.717, 1.165) is 25.7 Å². The van der Waals surface area contributed by atoms with Gasteiger partial charge in [0.1, 0.15) is 6.04 Å². The molecule has 2 amide bonds. The molecular formula is C27H42N2O5S. The van der Waals surface area contributed by atoms with Gasteiger partial charge in [-0.3, -0.25) is 14.4 Å². The minimum atomic E-state index is -0.658. The molecule has 3 aliphatic rings. The Kier molecular flexibility index (Phi) is 9.13. The second-order valence-corrected chi connectivity index (χ2v) is 12.2. The van der Waals surface area contributed by atoms with Gasteiger partial charge in [0, 0.05) is 30.5 Å². The standard InChI is InChI=1S/C27H42N2O5S/c1-6-9-10-18-34-25(33)21-20-23(31)29(16-11-17-30)22(27(20)14-13-26(21,5)35-27)24(32)28(15-8-3)19(4)12-7-2/h6,8,19-22,30H,1,3,7,9-18H2,2,4-5H3/t19?,20-,21-,22?,26+,27?/m0/s1. The predicted octanol–water partition coefficient (Wildman–Crippen LogP) is 3.56. The van der Waals surface area contributed by atoms with Crippen molar-refractivity contribution in [1.29, 1.82) is 0 Å². The first-order valence-electron chi connectivity index (χ1n) is 13.0. The summed E-state index contributed by atoms with van der Waals surface area (Å²) >= 11 is 1.65. The normalized spacial score (nSPS) is 31.8. The van der Waals surface area contributed by atoms with Crippen LogP contribution in [0.4, 0.5) is 0 Å². The van der Waals surface area contributed by atoms with Crippen LogP contribution in [-0.2, 0) is 19.1 Å². The molecule has 35 heavy (non-hydrogen) atoms. The van der Waals surface area contributed by atoms with Crippen LogP contribution in [0.3, 0.4) is 0 Å². The summed E-state index contributed by atoms with van der Waals surface area (Å²) in [4.78, 5) is 45.0. The highest BCUT2D eigenvalue weighted by atomic mass is 32.2. The molecule has 0 aromatic heterocycles. The van der Waals surface area contributed by atoms with E-state index in [9.17, 15) is 19.5 Å². The number of thioether (sulfide) groups is 1. The molecule has 0 aliphatic carbocycles. The Balaban J connectivity index is 1.98. The van der Waals surface area contributed by atoms with Gasteiger partial charge in [-0.2, -0.15) is 0 Å². The molecule has 3 aliphatic heterocycles. The predicted molar refractivity (Wildman–Crippen MR) is 139 cm³/mol. The number of fused-ring (bicyclic) bond motifs is 1. The molecular weight excluding hydrogens is 464 g/mol. The van der Waals surface area contributed by atoms with Crippen LogP contribution in [0.5, 0.6) is 0 Å². The van der Waals surface area contributed by atoms with Gasteiger partial charge in [-0.25, -0.2) is 0 Å². The Morgan fingerprint density at radius 1 is 1.31 bits per heavy atom. The summed E-state index contributed by atoms with van der Waals surface area (Å²) < 4.78 is 4.55. The van der Waals surface area contributed by atoms with E-state index in [-0.39, 0.29) is 30.4 Å². The van der Waals surface area contributed by atoms with Crippen LogP contribution in [0.2, 0.25) is 0 Å². The molecule has 1 spiro atoms. The number of esters is 1. The molecule has 0 aromatic carbocycles. The van der Waals surface area contributed by atoms with E-state index in [4.69, 9.17) is 4.74 Å². The number of amides is 2. The lowest BCUT2D eigenvalue weighted by atomic mass is 9.66. The zero-order valence-electron chi connectivity index (χ0n) is 21.5. The quantitative estimate of drug-likeness (QED) is 0.220. The number of hydrogen-bond donors (Lipinski definition) is 1. The first-order valence-corrected chi connectivity index (χ1v) is 13.8. The van der Waals surface area contributed by atoms with E-state index in [1.165, 1.54) is 0 Å². The number of carbonyl (C=O) groups is 3. The van der Waals surface area contributed by atoms with Gasteiger partial charge in [-0.05, 0) is 52.4 Å². The number of nitrogens with zero attached hydrogens (tertiary/aromatic N) is 2. The zero-order chi connectivity index (χ0) is 25.8. The Labute approximate surface area is 214 Å². The third-order valence-corrected chi connectivity index (χ3v) is 9.95. The summed E-state index contributed by atoms with van der Waals surface area (Å²) in [6.45, 7) is 14.7. The van der Waals surface area contributed by atoms with Gasteiger partial charge in [-0.1, -0.05) is 25.5 Å². The molecule has 7 nitrogen and oxygen atoms in total. The molecule has 0 aromatic rings. The molecule has 6 atom stereocenters. The highest BCUT2D eigenvalue weighted by Crippen LogP contribution is 2.71. The summed E-state index contributed by atoms with van der Waals surface area (Å²) in [5.41, 5.74) is 0. The van der Waals surface area contributed by atoms with E-state index in [1.54, 1.807) is 28.8 Å². The molecule has 8 heteroatoms. The average molecular weight is 507 g/mol. The van der Waals surface area contributed by atoms with E-state index >= 15 is 0 Å². The lowest BCUT2D eigenvalue weighted by Crippen LogP contribution is -2.56. The van der Waals surface area contributed by atoms with E-state index in [1.807, 2.05) is 11.8 Å². The second-order valence-electron chi connectivity index (χ2n) is 10.4. The highest BCUT2D eigenvalue weighted by Gasteiger charge is 2.77. The van der Waals surface area contributed by atoms with Crippen LogP contribution >= 0.6 is 11.8 Å². The Morgan fingerprint density at radius 2 is 2.06 bits per heavy atom. The summed E-state index contributed by atoms with van der Waals surface area (Å²) in [6, 6.07) is -0.642. The van der Waals surface area contributed by atoms with Gasteiger partial charge in [0.25, 0.3) is 0 Å². The summed E-state index contributed by atoms with van der Waals surface area (Å²) in [5, 5.41) is 9.51. The largest absolute Gasteiger partial charge is 0.465 e. The molecule has 3 heterocycles. The minimum absolute atomic E-state index is 0.0144. The molecule has 3 rings (SSSR count). The van der Waals surface area contributed by atoms with Crippen molar-refractivity contribution < 1.29 is 24.2 Å². The van der Waals surface area contributed by atoms with Crippen molar-refractivity contribution in [3.63, 3.8) is 0 Å². The molecule has 1 N–H and O–H groups in total. The number of likely N-dealkylation sites (tertiary alicyclic amines) is 1. The van der Waals surface area contributed by atoms with Gasteiger partial charge in [0.15, 0.2) is 0 Å². The van der Waals surface area contributed by atoms with E-state index < -0.39 is 27.4 Å². The molecule has 2 bridgehead atoms. The molecule has 196 valence electrons. The van der Waals surface area contributed by atoms with Crippen molar-refractivity contribution in [2.45, 2.75) is 87.3 Å². The number of hydrogen-bond acceptors (Lipinski definition) is 6. The first-order chi connectivity index (χ1) is 16.7. The summed E-state index contributed by atoms with van der Waals surface area (Å²) in [7, 11) is 0. The number of carbonyl (C=O) groups excluding carboxylic acids is 3. The van der Waals surface area contributed by atoms with E-state index in [2.05, 4.69) is 27.0 Å². The fourth-order valence-electron chi connectivity index (χ4n) is 6.39. The van der Waals surface area contributed by atoms with Crippen molar-refractivity contribution in [2.24, 2.45) is 11.8 Å². The number of aliphatic hydroxyl groups is 1. The average Bonchev–Trinajstić information content (AvgIpc) is 3.39. The summed E-state index contributed by atoms with van der Waals surface area (Å²) in [6.07, 6.45) is 8.65. The third-order valence-electron chi connectivity index (χ3n) is 7.97. The maximum atomic E-state index is 14.2.